The molecule has 0 aliphatic carbocycles. The van der Waals surface area contributed by atoms with Crippen molar-refractivity contribution in [2.45, 2.75) is 309 Å². The zero-order valence-corrected chi connectivity index (χ0v) is 50.4. The lowest BCUT2D eigenvalue weighted by Crippen LogP contribution is -2.30. The molecule has 0 heterocycles. The molecule has 6 heteroatoms. The number of hydrogen-bond acceptors (Lipinski definition) is 6. The molecule has 77 heavy (non-hydrogen) atoms. The van der Waals surface area contributed by atoms with Crippen molar-refractivity contribution in [3.63, 3.8) is 0 Å². The molecule has 0 saturated carbocycles. The van der Waals surface area contributed by atoms with E-state index >= 15 is 0 Å². The van der Waals surface area contributed by atoms with Gasteiger partial charge in [-0.2, -0.15) is 0 Å². The van der Waals surface area contributed by atoms with E-state index in [1.54, 1.807) is 0 Å². The average Bonchev–Trinajstić information content (AvgIpc) is 3.43. The van der Waals surface area contributed by atoms with Gasteiger partial charge in [0.1, 0.15) is 13.2 Å². The number of rotatable bonds is 58. The van der Waals surface area contributed by atoms with Gasteiger partial charge in [-0.05, 0) is 103 Å². The molecule has 0 saturated heterocycles. The molecule has 0 bridgehead atoms. The largest absolute Gasteiger partial charge is 0.462 e. The van der Waals surface area contributed by atoms with Gasteiger partial charge in [-0.1, -0.05) is 291 Å². The third kappa shape index (κ3) is 62.8. The van der Waals surface area contributed by atoms with Crippen LogP contribution < -0.4 is 0 Å². The first-order valence-electron chi connectivity index (χ1n) is 32.4. The van der Waals surface area contributed by atoms with Crippen molar-refractivity contribution in [2.24, 2.45) is 0 Å². The number of carbonyl (C=O) groups excluding carboxylic acids is 3. The Hall–Kier alpha value is -3.93. The molecular formula is C71H120O6. The number of hydrogen-bond donors (Lipinski definition) is 0. The van der Waals surface area contributed by atoms with Crippen molar-refractivity contribution in [3.05, 3.63) is 109 Å². The number of allylic oxidation sites excluding steroid dienone is 18. The van der Waals surface area contributed by atoms with Crippen LogP contribution in [0.2, 0.25) is 0 Å². The Kier molecular flexibility index (Phi) is 61.3. The summed E-state index contributed by atoms with van der Waals surface area (Å²) in [5.74, 6) is -0.894. The smallest absolute Gasteiger partial charge is 0.306 e. The standard InChI is InChI=1S/C71H120O6/c1-4-7-10-13-15-17-19-21-23-25-27-29-30-31-32-33-34-35-36-37-38-39-40-42-43-45-47-49-51-53-55-58-61-64-70(73)76-67-68(66-75-69(72)63-60-57-12-9-6-3)77-71(74)65-62-59-56-54-52-50-48-46-44-41-28-26-24-22-20-18-16-14-11-8-5-2/h7-8,10-11,15-18,21-24,27-29,31-32,41,68H,4-6,9,12-14,19-20,25-26,30,33-40,42-67H2,1-3H3/b10-7-,11-8-,17-15-,18-16-,23-21-,24-22-,29-27-,32-31-,41-28-. The van der Waals surface area contributed by atoms with E-state index in [1.165, 1.54) is 135 Å². The van der Waals surface area contributed by atoms with Gasteiger partial charge < -0.3 is 14.2 Å². The minimum Gasteiger partial charge on any atom is -0.462 e. The highest BCUT2D eigenvalue weighted by atomic mass is 16.6. The van der Waals surface area contributed by atoms with Crippen LogP contribution in [0, 0.1) is 0 Å². The first kappa shape index (κ1) is 73.1. The lowest BCUT2D eigenvalue weighted by Gasteiger charge is -2.18. The van der Waals surface area contributed by atoms with Crippen LogP contribution in [-0.2, 0) is 28.6 Å². The average molecular weight is 1070 g/mol. The van der Waals surface area contributed by atoms with Crippen LogP contribution in [0.25, 0.3) is 0 Å². The third-order valence-corrected chi connectivity index (χ3v) is 13.8. The van der Waals surface area contributed by atoms with Crippen LogP contribution in [0.5, 0.6) is 0 Å². The molecular weight excluding hydrogens is 949 g/mol. The van der Waals surface area contributed by atoms with Crippen molar-refractivity contribution in [3.8, 4) is 0 Å². The van der Waals surface area contributed by atoms with E-state index in [2.05, 4.69) is 130 Å². The van der Waals surface area contributed by atoms with Crippen LogP contribution in [-0.4, -0.2) is 37.2 Å². The fraction of sp³-hybridized carbons (Fsp3) is 0.704. The van der Waals surface area contributed by atoms with E-state index in [1.807, 2.05) is 0 Å². The first-order chi connectivity index (χ1) is 38.0. The predicted molar refractivity (Wildman–Crippen MR) is 334 cm³/mol. The maximum atomic E-state index is 12.8. The Morgan fingerprint density at radius 2 is 0.506 bits per heavy atom. The SMILES string of the molecule is CC/C=C\C/C=C\C/C=C\C/C=C\C/C=C\CCCCCCCCCCCCCCCCCCCC(=O)OCC(COC(=O)CCCCCCC)OC(=O)CCCCCCCCCC/C=C\C/C=C\C/C=C\C/C=C\CC. The van der Waals surface area contributed by atoms with Gasteiger partial charge in [-0.25, -0.2) is 0 Å². The maximum Gasteiger partial charge on any atom is 0.306 e. The second-order valence-corrected chi connectivity index (χ2v) is 21.3. The maximum absolute atomic E-state index is 12.8. The highest BCUT2D eigenvalue weighted by Crippen LogP contribution is 2.17. The molecule has 6 nitrogen and oxygen atoms in total. The molecule has 0 rings (SSSR count). The summed E-state index contributed by atoms with van der Waals surface area (Å²) in [6.45, 7) is 6.34. The quantitative estimate of drug-likeness (QED) is 0.0261. The number of unbranched alkanes of at least 4 members (excludes halogenated alkanes) is 29. The fourth-order valence-electron chi connectivity index (χ4n) is 8.99. The molecule has 0 aliphatic heterocycles. The predicted octanol–water partition coefficient (Wildman–Crippen LogP) is 22.2. The van der Waals surface area contributed by atoms with Gasteiger partial charge in [0.15, 0.2) is 6.10 Å². The zero-order valence-electron chi connectivity index (χ0n) is 50.4. The first-order valence-corrected chi connectivity index (χ1v) is 32.4. The normalized spacial score (nSPS) is 12.8. The van der Waals surface area contributed by atoms with Crippen molar-refractivity contribution in [1.29, 1.82) is 0 Å². The van der Waals surface area contributed by atoms with Crippen molar-refractivity contribution >= 4 is 17.9 Å². The molecule has 0 N–H and O–H groups in total. The van der Waals surface area contributed by atoms with Gasteiger partial charge >= 0.3 is 17.9 Å². The summed E-state index contributed by atoms with van der Waals surface area (Å²) < 4.78 is 16.8. The van der Waals surface area contributed by atoms with Crippen LogP contribution >= 0.6 is 0 Å². The molecule has 0 radical (unpaired) electrons. The fourth-order valence-corrected chi connectivity index (χ4v) is 8.99. The summed E-state index contributed by atoms with van der Waals surface area (Å²) in [7, 11) is 0. The van der Waals surface area contributed by atoms with E-state index < -0.39 is 6.10 Å². The summed E-state index contributed by atoms with van der Waals surface area (Å²) in [6, 6.07) is 0. The Morgan fingerprint density at radius 3 is 0.792 bits per heavy atom. The minimum atomic E-state index is -0.779. The van der Waals surface area contributed by atoms with E-state index in [-0.39, 0.29) is 31.1 Å². The molecule has 0 aromatic heterocycles. The molecule has 0 aliphatic rings. The second-order valence-electron chi connectivity index (χ2n) is 21.3. The second kappa shape index (κ2) is 64.6. The van der Waals surface area contributed by atoms with Gasteiger partial charge in [0, 0.05) is 19.3 Å². The number of ether oxygens (including phenoxy) is 3. The highest BCUT2D eigenvalue weighted by Gasteiger charge is 2.19. The summed E-state index contributed by atoms with van der Waals surface area (Å²) in [5.41, 5.74) is 0. The van der Waals surface area contributed by atoms with Crippen LogP contribution in [0.15, 0.2) is 109 Å². The summed E-state index contributed by atoms with van der Waals surface area (Å²) in [6.07, 6.45) is 88.7. The molecule has 0 aromatic rings. The zero-order chi connectivity index (χ0) is 55.7. The van der Waals surface area contributed by atoms with Crippen LogP contribution in [0.1, 0.15) is 303 Å². The van der Waals surface area contributed by atoms with Gasteiger partial charge in [-0.15, -0.1) is 0 Å². The molecule has 0 spiro atoms. The lowest BCUT2D eigenvalue weighted by molar-refractivity contribution is -0.167. The van der Waals surface area contributed by atoms with Gasteiger partial charge in [0.05, 0.1) is 0 Å². The molecule has 440 valence electrons. The van der Waals surface area contributed by atoms with Gasteiger partial charge in [0.2, 0.25) is 0 Å². The van der Waals surface area contributed by atoms with E-state index in [9.17, 15) is 14.4 Å². The van der Waals surface area contributed by atoms with Crippen LogP contribution in [0.4, 0.5) is 0 Å². The monoisotopic (exact) mass is 1070 g/mol. The topological polar surface area (TPSA) is 78.9 Å². The Bertz CT molecular complexity index is 1560. The van der Waals surface area contributed by atoms with Crippen molar-refractivity contribution in [2.75, 3.05) is 13.2 Å². The van der Waals surface area contributed by atoms with Gasteiger partial charge in [0.25, 0.3) is 0 Å². The highest BCUT2D eigenvalue weighted by molar-refractivity contribution is 5.71. The minimum absolute atomic E-state index is 0.0793. The van der Waals surface area contributed by atoms with Crippen molar-refractivity contribution in [1.82, 2.24) is 0 Å². The molecule has 1 atom stereocenters. The number of carbonyl (C=O) groups is 3. The third-order valence-electron chi connectivity index (χ3n) is 13.8. The van der Waals surface area contributed by atoms with E-state index in [0.29, 0.717) is 19.3 Å². The molecule has 1 unspecified atom stereocenters. The van der Waals surface area contributed by atoms with Gasteiger partial charge in [-0.3, -0.25) is 14.4 Å². The molecule has 0 aromatic carbocycles. The summed E-state index contributed by atoms with van der Waals surface area (Å²) >= 11 is 0. The molecule has 0 amide bonds. The van der Waals surface area contributed by atoms with Crippen molar-refractivity contribution < 1.29 is 28.6 Å². The summed E-state index contributed by atoms with van der Waals surface area (Å²) in [4.78, 5) is 37.9. The van der Waals surface area contributed by atoms with E-state index in [0.717, 1.165) is 128 Å². The Morgan fingerprint density at radius 1 is 0.273 bits per heavy atom. The number of esters is 3. The lowest BCUT2D eigenvalue weighted by atomic mass is 10.0. The molecule has 0 fully saturated rings. The van der Waals surface area contributed by atoms with Crippen LogP contribution in [0.3, 0.4) is 0 Å². The Balaban J connectivity index is 3.99. The summed E-state index contributed by atoms with van der Waals surface area (Å²) in [5, 5.41) is 0. The van der Waals surface area contributed by atoms with E-state index in [4.69, 9.17) is 14.2 Å². The Labute approximate surface area is 476 Å².